The molecule has 2 heterocycles. The third kappa shape index (κ3) is 6.09. The molecule has 2 aromatic carbocycles. The second-order valence-electron chi connectivity index (χ2n) is 13.1. The Morgan fingerprint density at radius 2 is 2.10 bits per heavy atom. The number of nitrogens with zero attached hydrogens (tertiary/aromatic N) is 1. The molecule has 0 saturated heterocycles. The summed E-state index contributed by atoms with van der Waals surface area (Å²) in [7, 11) is 0. The summed E-state index contributed by atoms with van der Waals surface area (Å²) >= 11 is 7.99. The topological polar surface area (TPSA) is 61.8 Å². The first-order valence-electron chi connectivity index (χ1n) is 16.0. The lowest BCUT2D eigenvalue weighted by molar-refractivity contribution is 0.0455. The lowest BCUT2D eigenvalue weighted by Gasteiger charge is -2.45. The van der Waals surface area contributed by atoms with E-state index < -0.39 is 6.10 Å². The van der Waals surface area contributed by atoms with Crippen LogP contribution in [-0.2, 0) is 11.8 Å². The summed E-state index contributed by atoms with van der Waals surface area (Å²) in [6, 6.07) is 12.3. The van der Waals surface area contributed by atoms with E-state index in [1.807, 2.05) is 30.3 Å². The zero-order chi connectivity index (χ0) is 29.3. The highest BCUT2D eigenvalue weighted by atomic mass is 35.5. The smallest absolute Gasteiger partial charge is 0.261 e. The normalized spacial score (nSPS) is 32.0. The van der Waals surface area contributed by atoms with Crippen LogP contribution in [0.2, 0.25) is 5.02 Å². The molecule has 0 aromatic heterocycles. The number of unbranched alkanes of at least 4 members (excludes halogenated alkanes) is 1. The predicted molar refractivity (Wildman–Crippen MR) is 174 cm³/mol. The van der Waals surface area contributed by atoms with Gasteiger partial charge in [-0.15, -0.1) is 0 Å². The Morgan fingerprint density at radius 1 is 1.21 bits per heavy atom. The molecular weight excluding hydrogens is 564 g/mol. The number of aliphatic hydroxyl groups is 1. The fourth-order valence-electron chi connectivity index (χ4n) is 7.59. The first kappa shape index (κ1) is 29.9. The van der Waals surface area contributed by atoms with Crippen molar-refractivity contribution in [2.75, 3.05) is 24.6 Å². The number of benzene rings is 2. The van der Waals surface area contributed by atoms with E-state index in [1.165, 1.54) is 11.1 Å². The van der Waals surface area contributed by atoms with Gasteiger partial charge in [-0.3, -0.25) is 9.52 Å². The summed E-state index contributed by atoms with van der Waals surface area (Å²) in [5, 5.41) is 12.4. The fourth-order valence-corrected chi connectivity index (χ4v) is 8.79. The lowest BCUT2D eigenvalue weighted by atomic mass is 9.68. The van der Waals surface area contributed by atoms with Crippen LogP contribution in [0.3, 0.4) is 0 Å². The lowest BCUT2D eigenvalue weighted by Crippen LogP contribution is -2.49. The molecule has 1 amide bonds. The maximum atomic E-state index is 13.5. The monoisotopic (exact) mass is 608 g/mol. The highest BCUT2D eigenvalue weighted by molar-refractivity contribution is 7.98. The van der Waals surface area contributed by atoms with Gasteiger partial charge in [0.25, 0.3) is 5.91 Å². The first-order valence-corrected chi connectivity index (χ1v) is 17.2. The number of hydrogen-bond donors (Lipinski definition) is 2. The maximum Gasteiger partial charge on any atom is 0.261 e. The van der Waals surface area contributed by atoms with Crippen molar-refractivity contribution in [2.45, 2.75) is 88.4 Å². The van der Waals surface area contributed by atoms with Gasteiger partial charge in [0, 0.05) is 34.3 Å². The van der Waals surface area contributed by atoms with Crippen LogP contribution >= 0.6 is 23.5 Å². The summed E-state index contributed by atoms with van der Waals surface area (Å²) in [6.07, 6.45) is 13.4. The molecule has 1 spiro atoms. The zero-order valence-electron chi connectivity index (χ0n) is 25.0. The van der Waals surface area contributed by atoms with Gasteiger partial charge in [-0.25, -0.2) is 0 Å². The van der Waals surface area contributed by atoms with Crippen LogP contribution < -0.4 is 14.4 Å². The molecule has 2 aromatic rings. The summed E-state index contributed by atoms with van der Waals surface area (Å²) < 4.78 is 9.83. The van der Waals surface area contributed by atoms with Crippen LogP contribution in [0.5, 0.6) is 5.75 Å². The molecule has 1 saturated carbocycles. The van der Waals surface area contributed by atoms with Crippen molar-refractivity contribution in [3.05, 3.63) is 70.3 Å². The molecule has 7 heteroatoms. The zero-order valence-corrected chi connectivity index (χ0v) is 26.6. The number of carbonyl (C=O) groups is 1. The molecule has 42 heavy (non-hydrogen) atoms. The van der Waals surface area contributed by atoms with Crippen LogP contribution in [-0.4, -0.2) is 42.1 Å². The number of halogens is 1. The van der Waals surface area contributed by atoms with Crippen LogP contribution in [0.4, 0.5) is 5.69 Å². The van der Waals surface area contributed by atoms with E-state index in [4.69, 9.17) is 16.3 Å². The maximum absolute atomic E-state index is 13.5. The van der Waals surface area contributed by atoms with Crippen LogP contribution in [0.15, 0.2) is 48.6 Å². The summed E-state index contributed by atoms with van der Waals surface area (Å²) in [6.45, 7) is 6.73. The van der Waals surface area contributed by atoms with Gasteiger partial charge in [0.1, 0.15) is 5.75 Å². The molecule has 2 aliphatic carbocycles. The van der Waals surface area contributed by atoms with Crippen molar-refractivity contribution < 1.29 is 14.6 Å². The van der Waals surface area contributed by atoms with E-state index in [0.29, 0.717) is 29.3 Å². The van der Waals surface area contributed by atoms with E-state index >= 15 is 0 Å². The Hall–Kier alpha value is -2.15. The van der Waals surface area contributed by atoms with Crippen LogP contribution in [0.25, 0.3) is 0 Å². The number of fused-ring (bicyclic) bond motifs is 4. The van der Waals surface area contributed by atoms with E-state index in [0.717, 1.165) is 87.3 Å². The quantitative estimate of drug-likeness (QED) is 0.276. The number of anilines is 1. The first-order chi connectivity index (χ1) is 20.4. The van der Waals surface area contributed by atoms with Crippen LogP contribution in [0, 0.1) is 17.8 Å². The second kappa shape index (κ2) is 12.8. The molecule has 0 unspecified atom stereocenters. The Balaban J connectivity index is 1.36. The highest BCUT2D eigenvalue weighted by Crippen LogP contribution is 2.47. The minimum Gasteiger partial charge on any atom is -0.490 e. The second-order valence-corrected chi connectivity index (χ2v) is 14.6. The average Bonchev–Trinajstić information content (AvgIpc) is 3.11. The molecule has 5 nitrogen and oxygen atoms in total. The number of amides is 1. The molecule has 6 atom stereocenters. The Labute approximate surface area is 260 Å². The van der Waals surface area contributed by atoms with Crippen molar-refractivity contribution in [3.8, 4) is 5.75 Å². The summed E-state index contributed by atoms with van der Waals surface area (Å²) in [5.41, 5.74) is 4.16. The van der Waals surface area contributed by atoms with Crippen molar-refractivity contribution in [1.82, 2.24) is 4.72 Å². The summed E-state index contributed by atoms with van der Waals surface area (Å²) in [5.74, 6) is 1.83. The molecule has 4 aliphatic rings. The average molecular weight is 609 g/mol. The van der Waals surface area contributed by atoms with Gasteiger partial charge in [-0.2, -0.15) is 0 Å². The minimum atomic E-state index is -0.425. The molecule has 1 fully saturated rings. The number of nitrogens with one attached hydrogen (secondary N) is 1. The number of hydrogen-bond acceptors (Lipinski definition) is 5. The van der Waals surface area contributed by atoms with Gasteiger partial charge in [-0.1, -0.05) is 56.5 Å². The number of aliphatic hydroxyl groups excluding tert-OH is 1. The molecule has 6 rings (SSSR count). The van der Waals surface area contributed by atoms with Gasteiger partial charge >= 0.3 is 0 Å². The number of rotatable bonds is 3. The van der Waals surface area contributed by atoms with Crippen molar-refractivity contribution in [2.24, 2.45) is 17.8 Å². The van der Waals surface area contributed by atoms with Crippen LogP contribution in [0.1, 0.15) is 86.7 Å². The third-order valence-electron chi connectivity index (χ3n) is 10.3. The molecule has 2 bridgehead atoms. The van der Waals surface area contributed by atoms with Gasteiger partial charge < -0.3 is 14.7 Å². The molecular formula is C35H45ClN2O3S. The van der Waals surface area contributed by atoms with Gasteiger partial charge in [-0.05, 0) is 116 Å². The third-order valence-corrected chi connectivity index (χ3v) is 11.8. The number of ether oxygens (including phenoxy) is 1. The van der Waals surface area contributed by atoms with Crippen molar-refractivity contribution >= 4 is 35.1 Å². The number of allylic oxidation sites excluding steroid dienone is 1. The van der Waals surface area contributed by atoms with E-state index in [9.17, 15) is 9.90 Å². The van der Waals surface area contributed by atoms with Gasteiger partial charge in [0.05, 0.1) is 18.4 Å². The SMILES string of the molecule is CCCC[C@@H]1SNC(=O)c2ccc3c(c2)N(C[C@@H]2CC[C@H]2[C@@H](O)/C=C\C[C@H]1C)C[C@@]1(CCCc2cc(Cl)ccc21)CO3. The minimum absolute atomic E-state index is 0.0485. The largest absolute Gasteiger partial charge is 0.490 e. The van der Waals surface area contributed by atoms with E-state index in [1.54, 1.807) is 11.9 Å². The van der Waals surface area contributed by atoms with Gasteiger partial charge in [0.15, 0.2) is 0 Å². The number of carbonyl (C=O) groups excluding carboxylic acids is 1. The fraction of sp³-hybridized carbons (Fsp3) is 0.571. The van der Waals surface area contributed by atoms with Gasteiger partial charge in [0.2, 0.25) is 0 Å². The van der Waals surface area contributed by atoms with E-state index in [2.05, 4.69) is 41.7 Å². The molecule has 226 valence electrons. The Morgan fingerprint density at radius 3 is 2.90 bits per heavy atom. The number of aryl methyl sites for hydroxylation is 1. The molecule has 2 aliphatic heterocycles. The van der Waals surface area contributed by atoms with Crippen molar-refractivity contribution in [1.29, 1.82) is 0 Å². The molecule has 2 N–H and O–H groups in total. The standard InChI is InChI=1S/C35H45ClN2O3S/c1-3-4-10-33-23(2)7-5-9-31(39)28-14-11-26(28)20-38-21-35(17-6-8-24-18-27(36)13-15-29(24)35)22-41-32-16-12-25(19-30(32)38)34(40)37-42-33/h5,9,12-13,15-16,18-19,23,26,28,31,33,39H,3-4,6-8,10-11,14,17,20-22H2,1-2H3,(H,37,40)/b9-5-/t23-,26+,28-,31+,33+,35+/m1/s1. The molecule has 0 radical (unpaired) electrons. The van der Waals surface area contributed by atoms with E-state index in [-0.39, 0.29) is 17.2 Å². The van der Waals surface area contributed by atoms with Crippen molar-refractivity contribution in [3.63, 3.8) is 0 Å². The highest BCUT2D eigenvalue weighted by Gasteiger charge is 2.44. The predicted octanol–water partition coefficient (Wildman–Crippen LogP) is 7.73. The Kier molecular flexibility index (Phi) is 9.14. The summed E-state index contributed by atoms with van der Waals surface area (Å²) in [4.78, 5) is 16.0. The Bertz CT molecular complexity index is 1320.